The summed E-state index contributed by atoms with van der Waals surface area (Å²) in [6.45, 7) is 4.23. The van der Waals surface area contributed by atoms with E-state index in [-0.39, 0.29) is 6.79 Å². The molecule has 0 amide bonds. The van der Waals surface area contributed by atoms with Crippen molar-refractivity contribution in [3.63, 3.8) is 0 Å². The van der Waals surface area contributed by atoms with Gasteiger partial charge in [-0.25, -0.2) is 9.50 Å². The molecule has 4 heterocycles. The Morgan fingerprint density at radius 1 is 0.839 bits per heavy atom. The van der Waals surface area contributed by atoms with Crippen LogP contribution in [0.25, 0.3) is 28.2 Å². The predicted octanol–water partition coefficient (Wildman–Crippen LogP) is 3.54. The van der Waals surface area contributed by atoms with E-state index in [1.807, 2.05) is 40.9 Å². The van der Waals surface area contributed by atoms with Crippen LogP contribution in [0.4, 0.5) is 5.82 Å². The molecule has 2 aliphatic heterocycles. The van der Waals surface area contributed by atoms with Gasteiger partial charge in [-0.1, -0.05) is 36.4 Å². The van der Waals surface area contributed by atoms with Crippen LogP contribution in [0.1, 0.15) is 0 Å². The number of anilines is 1. The Morgan fingerprint density at radius 2 is 1.68 bits per heavy atom. The average Bonchev–Trinajstić information content (AvgIpc) is 3.44. The molecule has 1 fully saturated rings. The topological polar surface area (TPSA) is 55.1 Å². The van der Waals surface area contributed by atoms with Crippen LogP contribution in [-0.2, 0) is 0 Å². The van der Waals surface area contributed by atoms with Crippen LogP contribution in [0.3, 0.4) is 0 Å². The summed E-state index contributed by atoms with van der Waals surface area (Å²) in [5.41, 5.74) is 4.58. The smallest absolute Gasteiger partial charge is 0.231 e. The van der Waals surface area contributed by atoms with Gasteiger partial charge in [0.25, 0.3) is 0 Å². The molecule has 6 rings (SSSR count). The van der Waals surface area contributed by atoms with E-state index in [4.69, 9.17) is 19.6 Å². The maximum absolute atomic E-state index is 5.80. The summed E-state index contributed by atoms with van der Waals surface area (Å²) in [5.74, 6) is 2.46. The predicted molar refractivity (Wildman–Crippen MR) is 120 cm³/mol. The van der Waals surface area contributed by atoms with E-state index in [1.54, 1.807) is 0 Å². The van der Waals surface area contributed by atoms with Crippen molar-refractivity contribution in [1.82, 2.24) is 19.5 Å². The molecule has 1 saturated heterocycles. The van der Waals surface area contributed by atoms with Crippen LogP contribution in [0, 0.1) is 0 Å². The van der Waals surface area contributed by atoms with Crippen LogP contribution >= 0.6 is 0 Å². The number of para-hydroxylation sites is 1. The first-order chi connectivity index (χ1) is 15.3. The van der Waals surface area contributed by atoms with Crippen LogP contribution in [0.5, 0.6) is 11.5 Å². The second-order valence-electron chi connectivity index (χ2n) is 7.97. The Labute approximate surface area is 180 Å². The molecule has 7 heteroatoms. The molecule has 0 spiro atoms. The number of likely N-dealkylation sites (N-methyl/N-ethyl adjacent to an activating group) is 1. The highest BCUT2D eigenvalue weighted by molar-refractivity contribution is 5.85. The van der Waals surface area contributed by atoms with Gasteiger partial charge in [0, 0.05) is 37.3 Å². The number of imidazole rings is 1. The van der Waals surface area contributed by atoms with E-state index < -0.39 is 0 Å². The number of ether oxygens (including phenoxy) is 2. The Balaban J connectivity index is 1.55. The van der Waals surface area contributed by atoms with Crippen molar-refractivity contribution >= 4 is 11.5 Å². The van der Waals surface area contributed by atoms with Gasteiger partial charge in [0.05, 0.1) is 0 Å². The summed E-state index contributed by atoms with van der Waals surface area (Å²) in [6.07, 6.45) is 0. The number of piperazine rings is 1. The number of aromatic nitrogens is 3. The van der Waals surface area contributed by atoms with Gasteiger partial charge in [0.15, 0.2) is 17.1 Å². The zero-order valence-corrected chi connectivity index (χ0v) is 17.4. The maximum Gasteiger partial charge on any atom is 0.231 e. The highest BCUT2D eigenvalue weighted by Crippen LogP contribution is 2.44. The van der Waals surface area contributed by atoms with Crippen molar-refractivity contribution in [2.45, 2.75) is 0 Å². The van der Waals surface area contributed by atoms with Gasteiger partial charge < -0.3 is 19.3 Å². The SMILES string of the molecule is CN1CCN(c2ccc3nc(-c4cccc5c4OCO5)c(-c4ccccc4)n3n2)CC1. The molecule has 0 N–H and O–H groups in total. The zero-order valence-electron chi connectivity index (χ0n) is 17.4. The lowest BCUT2D eigenvalue weighted by atomic mass is 10.0. The number of hydrogen-bond acceptors (Lipinski definition) is 6. The Kier molecular flexibility index (Phi) is 4.28. The van der Waals surface area contributed by atoms with Gasteiger partial charge in [-0.15, -0.1) is 5.10 Å². The van der Waals surface area contributed by atoms with Gasteiger partial charge in [-0.2, -0.15) is 0 Å². The summed E-state index contributed by atoms with van der Waals surface area (Å²) >= 11 is 0. The normalized spacial score (nSPS) is 16.2. The number of benzene rings is 2. The molecule has 0 unspecified atom stereocenters. The number of fused-ring (bicyclic) bond motifs is 2. The molecule has 2 aromatic heterocycles. The van der Waals surface area contributed by atoms with Crippen LogP contribution in [0.15, 0.2) is 60.7 Å². The quantitative estimate of drug-likeness (QED) is 0.512. The summed E-state index contributed by atoms with van der Waals surface area (Å²) in [4.78, 5) is 9.66. The van der Waals surface area contributed by atoms with Crippen molar-refractivity contribution in [3.05, 3.63) is 60.7 Å². The Hall–Kier alpha value is -3.58. The molecule has 31 heavy (non-hydrogen) atoms. The molecule has 2 aliphatic rings. The average molecular weight is 413 g/mol. The van der Waals surface area contributed by atoms with Crippen molar-refractivity contribution in [2.24, 2.45) is 0 Å². The summed E-state index contributed by atoms with van der Waals surface area (Å²) in [5, 5.41) is 5.03. The molecule has 0 saturated carbocycles. The van der Waals surface area contributed by atoms with E-state index in [2.05, 4.69) is 41.1 Å². The minimum Gasteiger partial charge on any atom is -0.454 e. The fourth-order valence-corrected chi connectivity index (χ4v) is 4.29. The summed E-state index contributed by atoms with van der Waals surface area (Å²) < 4.78 is 13.4. The lowest BCUT2D eigenvalue weighted by Gasteiger charge is -2.33. The monoisotopic (exact) mass is 413 g/mol. The van der Waals surface area contributed by atoms with Crippen molar-refractivity contribution in [1.29, 1.82) is 0 Å². The second-order valence-corrected chi connectivity index (χ2v) is 7.97. The zero-order chi connectivity index (χ0) is 20.8. The lowest BCUT2D eigenvalue weighted by Crippen LogP contribution is -2.44. The standard InChI is InChI=1S/C24H23N5O2/c1-27-12-14-28(15-13-27)21-11-10-20-25-22(18-8-5-9-19-24(18)31-16-30-19)23(29(20)26-21)17-6-3-2-4-7-17/h2-11H,12-16H2,1H3. The molecule has 0 radical (unpaired) electrons. The van der Waals surface area contributed by atoms with Crippen molar-refractivity contribution in [3.8, 4) is 34.0 Å². The third-order valence-electron chi connectivity index (χ3n) is 5.99. The molecule has 0 bridgehead atoms. The van der Waals surface area contributed by atoms with E-state index in [9.17, 15) is 0 Å². The minimum atomic E-state index is 0.228. The number of nitrogens with zero attached hydrogens (tertiary/aromatic N) is 5. The van der Waals surface area contributed by atoms with Gasteiger partial charge in [0.2, 0.25) is 6.79 Å². The highest BCUT2D eigenvalue weighted by atomic mass is 16.7. The summed E-state index contributed by atoms with van der Waals surface area (Å²) in [7, 11) is 2.16. The van der Waals surface area contributed by atoms with Gasteiger partial charge >= 0.3 is 0 Å². The second kappa shape index (κ2) is 7.28. The van der Waals surface area contributed by atoms with E-state index >= 15 is 0 Å². The van der Waals surface area contributed by atoms with Gasteiger partial charge in [-0.3, -0.25) is 0 Å². The van der Waals surface area contributed by atoms with Crippen molar-refractivity contribution in [2.75, 3.05) is 44.9 Å². The fraction of sp³-hybridized carbons (Fsp3) is 0.250. The summed E-state index contributed by atoms with van der Waals surface area (Å²) in [6, 6.07) is 20.3. The Morgan fingerprint density at radius 3 is 2.52 bits per heavy atom. The van der Waals surface area contributed by atoms with Crippen LogP contribution < -0.4 is 14.4 Å². The van der Waals surface area contributed by atoms with Crippen LogP contribution in [0.2, 0.25) is 0 Å². The van der Waals surface area contributed by atoms with E-state index in [0.29, 0.717) is 0 Å². The first-order valence-electron chi connectivity index (χ1n) is 10.6. The fourth-order valence-electron chi connectivity index (χ4n) is 4.29. The third kappa shape index (κ3) is 3.09. The van der Waals surface area contributed by atoms with Crippen molar-refractivity contribution < 1.29 is 9.47 Å². The van der Waals surface area contributed by atoms with E-state index in [0.717, 1.165) is 71.7 Å². The minimum absolute atomic E-state index is 0.228. The van der Waals surface area contributed by atoms with Gasteiger partial charge in [-0.05, 0) is 31.3 Å². The molecular weight excluding hydrogens is 390 g/mol. The molecule has 7 nitrogen and oxygen atoms in total. The molecule has 2 aromatic carbocycles. The van der Waals surface area contributed by atoms with Gasteiger partial charge in [0.1, 0.15) is 17.2 Å². The lowest BCUT2D eigenvalue weighted by molar-refractivity contribution is 0.174. The molecule has 0 aliphatic carbocycles. The Bertz CT molecular complexity index is 1250. The first-order valence-corrected chi connectivity index (χ1v) is 10.6. The molecule has 4 aromatic rings. The highest BCUT2D eigenvalue weighted by Gasteiger charge is 2.25. The molecule has 0 atom stereocenters. The molecular formula is C24H23N5O2. The largest absolute Gasteiger partial charge is 0.454 e. The molecule has 156 valence electrons. The third-order valence-corrected chi connectivity index (χ3v) is 5.99. The van der Waals surface area contributed by atoms with Crippen LogP contribution in [-0.4, -0.2) is 59.5 Å². The number of rotatable bonds is 3. The maximum atomic E-state index is 5.80. The first kappa shape index (κ1) is 18.2. The van der Waals surface area contributed by atoms with E-state index in [1.165, 1.54) is 0 Å². The number of hydrogen-bond donors (Lipinski definition) is 0.